The smallest absolute Gasteiger partial charge is 0.407 e. The summed E-state index contributed by atoms with van der Waals surface area (Å²) in [6.07, 6.45) is 3.09. The summed E-state index contributed by atoms with van der Waals surface area (Å²) in [5.41, 5.74) is 2.11. The van der Waals surface area contributed by atoms with Crippen LogP contribution in [0.25, 0.3) is 6.08 Å². The third-order valence-electron chi connectivity index (χ3n) is 3.52. The van der Waals surface area contributed by atoms with Gasteiger partial charge in [-0.1, -0.05) is 48.6 Å². The Morgan fingerprint density at radius 2 is 1.85 bits per heavy atom. The van der Waals surface area contributed by atoms with Crippen molar-refractivity contribution in [3.63, 3.8) is 0 Å². The normalized spacial score (nSPS) is 10.4. The third kappa shape index (κ3) is 5.66. The third-order valence-corrected chi connectivity index (χ3v) is 3.52. The maximum Gasteiger partial charge on any atom is 0.407 e. The molecule has 0 saturated heterocycles. The lowest BCUT2D eigenvalue weighted by Crippen LogP contribution is -2.24. The number of ether oxygens (including phenoxy) is 3. The van der Waals surface area contributed by atoms with Crippen molar-refractivity contribution in [3.8, 4) is 5.75 Å². The van der Waals surface area contributed by atoms with Crippen LogP contribution in [-0.2, 0) is 16.1 Å². The number of methoxy groups -OCH3 is 2. The van der Waals surface area contributed by atoms with Crippen molar-refractivity contribution in [1.29, 1.82) is 0 Å². The van der Waals surface area contributed by atoms with Crippen LogP contribution in [0.4, 0.5) is 4.79 Å². The van der Waals surface area contributed by atoms with Gasteiger partial charge in [-0.15, -0.1) is 0 Å². The van der Waals surface area contributed by atoms with Crippen molar-refractivity contribution < 1.29 is 23.8 Å². The molecule has 136 valence electrons. The molecule has 6 heteroatoms. The van der Waals surface area contributed by atoms with Crippen molar-refractivity contribution in [2.45, 2.75) is 6.61 Å². The number of carbonyl (C=O) groups excluding carboxylic acids is 2. The molecule has 1 amide bonds. The lowest BCUT2D eigenvalue weighted by Gasteiger charge is -2.07. The SMILES string of the molecule is COC(=O)c1ccc(C=CCNC(=O)OCc2ccccc2)cc1OC. The minimum atomic E-state index is -0.489. The molecule has 0 radical (unpaired) electrons. The number of hydrogen-bond acceptors (Lipinski definition) is 5. The van der Waals surface area contributed by atoms with Gasteiger partial charge in [0.15, 0.2) is 0 Å². The number of benzene rings is 2. The van der Waals surface area contributed by atoms with E-state index in [1.165, 1.54) is 14.2 Å². The summed E-state index contributed by atoms with van der Waals surface area (Å²) in [5.74, 6) is -0.0329. The molecule has 0 atom stereocenters. The van der Waals surface area contributed by atoms with Crippen LogP contribution in [0.2, 0.25) is 0 Å². The molecule has 0 aliphatic rings. The second-order valence-electron chi connectivity index (χ2n) is 5.30. The quantitative estimate of drug-likeness (QED) is 0.771. The molecule has 6 nitrogen and oxygen atoms in total. The maximum absolute atomic E-state index is 11.6. The van der Waals surface area contributed by atoms with E-state index in [-0.39, 0.29) is 6.61 Å². The van der Waals surface area contributed by atoms with Crippen LogP contribution < -0.4 is 10.1 Å². The number of amides is 1. The van der Waals surface area contributed by atoms with Gasteiger partial charge in [0, 0.05) is 6.54 Å². The van der Waals surface area contributed by atoms with E-state index in [1.807, 2.05) is 30.3 Å². The van der Waals surface area contributed by atoms with Crippen molar-refractivity contribution in [2.24, 2.45) is 0 Å². The molecule has 0 bridgehead atoms. The zero-order valence-electron chi connectivity index (χ0n) is 14.7. The topological polar surface area (TPSA) is 73.9 Å². The van der Waals surface area contributed by atoms with Gasteiger partial charge in [0.05, 0.1) is 14.2 Å². The number of hydrogen-bond donors (Lipinski definition) is 1. The molecule has 0 aliphatic carbocycles. The summed E-state index contributed by atoms with van der Waals surface area (Å²) < 4.78 is 15.0. The van der Waals surface area contributed by atoms with Crippen LogP contribution in [0.5, 0.6) is 5.75 Å². The number of alkyl carbamates (subject to hydrolysis) is 1. The molecule has 0 fully saturated rings. The van der Waals surface area contributed by atoms with Crippen molar-refractivity contribution >= 4 is 18.1 Å². The fourth-order valence-corrected chi connectivity index (χ4v) is 2.20. The molecule has 0 heterocycles. The molecule has 1 N–H and O–H groups in total. The Labute approximate surface area is 152 Å². The summed E-state index contributed by atoms with van der Waals surface area (Å²) in [6, 6.07) is 14.6. The van der Waals surface area contributed by atoms with Gasteiger partial charge in [-0.25, -0.2) is 9.59 Å². The van der Waals surface area contributed by atoms with Crippen molar-refractivity contribution in [1.82, 2.24) is 5.32 Å². The van der Waals surface area contributed by atoms with Crippen LogP contribution in [0.3, 0.4) is 0 Å². The first kappa shape index (κ1) is 19.1. The Balaban J connectivity index is 1.82. The lowest BCUT2D eigenvalue weighted by molar-refractivity contribution is 0.0597. The number of esters is 1. The van der Waals surface area contributed by atoms with Gasteiger partial charge in [0.1, 0.15) is 17.9 Å². The minimum absolute atomic E-state index is 0.225. The molecule has 2 rings (SSSR count). The summed E-state index contributed by atoms with van der Waals surface area (Å²) in [4.78, 5) is 23.3. The predicted molar refractivity (Wildman–Crippen MR) is 98.0 cm³/mol. The van der Waals surface area contributed by atoms with Gasteiger partial charge in [0.2, 0.25) is 0 Å². The van der Waals surface area contributed by atoms with E-state index >= 15 is 0 Å². The summed E-state index contributed by atoms with van der Waals surface area (Å²) >= 11 is 0. The van der Waals surface area contributed by atoms with Crippen LogP contribution >= 0.6 is 0 Å². The molecule has 2 aromatic carbocycles. The van der Waals surface area contributed by atoms with E-state index < -0.39 is 12.1 Å². The van der Waals surface area contributed by atoms with Crippen molar-refractivity contribution in [3.05, 3.63) is 71.3 Å². The Bertz CT molecular complexity index is 771. The molecule has 0 spiro atoms. The van der Waals surface area contributed by atoms with Gasteiger partial charge in [-0.2, -0.15) is 0 Å². The highest BCUT2D eigenvalue weighted by Crippen LogP contribution is 2.21. The summed E-state index contributed by atoms with van der Waals surface area (Å²) in [6.45, 7) is 0.539. The average Bonchev–Trinajstić information content (AvgIpc) is 2.69. The van der Waals surface area contributed by atoms with E-state index in [0.29, 0.717) is 17.9 Å². The van der Waals surface area contributed by atoms with E-state index in [4.69, 9.17) is 14.2 Å². The lowest BCUT2D eigenvalue weighted by atomic mass is 10.1. The second kappa shape index (κ2) is 9.88. The van der Waals surface area contributed by atoms with E-state index in [9.17, 15) is 9.59 Å². The highest BCUT2D eigenvalue weighted by Gasteiger charge is 2.12. The fraction of sp³-hybridized carbons (Fsp3) is 0.200. The zero-order valence-corrected chi connectivity index (χ0v) is 14.7. The Hall–Kier alpha value is -3.28. The van der Waals surface area contributed by atoms with Gasteiger partial charge in [-0.3, -0.25) is 0 Å². The van der Waals surface area contributed by atoms with Gasteiger partial charge in [-0.05, 0) is 23.3 Å². The van der Waals surface area contributed by atoms with Gasteiger partial charge >= 0.3 is 12.1 Å². The Morgan fingerprint density at radius 3 is 2.54 bits per heavy atom. The molecule has 2 aromatic rings. The minimum Gasteiger partial charge on any atom is -0.496 e. The van der Waals surface area contributed by atoms with Gasteiger partial charge in [0.25, 0.3) is 0 Å². The largest absolute Gasteiger partial charge is 0.496 e. The number of nitrogens with one attached hydrogen (secondary N) is 1. The first-order chi connectivity index (χ1) is 12.6. The maximum atomic E-state index is 11.6. The monoisotopic (exact) mass is 355 g/mol. The number of carbonyl (C=O) groups is 2. The molecule has 0 aromatic heterocycles. The average molecular weight is 355 g/mol. The Morgan fingerprint density at radius 1 is 1.08 bits per heavy atom. The summed E-state index contributed by atoms with van der Waals surface area (Å²) in [7, 11) is 2.80. The predicted octanol–water partition coefficient (Wildman–Crippen LogP) is 3.42. The molecule has 0 aliphatic heterocycles. The summed E-state index contributed by atoms with van der Waals surface area (Å²) in [5, 5.41) is 2.64. The highest BCUT2D eigenvalue weighted by atomic mass is 16.5. The standard InChI is InChI=1S/C20H21NO5/c1-24-18-13-15(10-11-17(18)19(22)25-2)9-6-12-21-20(23)26-14-16-7-4-3-5-8-16/h3-11,13H,12,14H2,1-2H3,(H,21,23). The first-order valence-corrected chi connectivity index (χ1v) is 8.01. The molecule has 26 heavy (non-hydrogen) atoms. The van der Waals surface area contributed by atoms with Gasteiger partial charge < -0.3 is 19.5 Å². The molecule has 0 unspecified atom stereocenters. The number of rotatable bonds is 7. The van der Waals surface area contributed by atoms with Crippen molar-refractivity contribution in [2.75, 3.05) is 20.8 Å². The van der Waals surface area contributed by atoms with Crippen LogP contribution in [-0.4, -0.2) is 32.8 Å². The molecular formula is C20H21NO5. The zero-order chi connectivity index (χ0) is 18.8. The van der Waals surface area contributed by atoms with Crippen LogP contribution in [0.1, 0.15) is 21.5 Å². The highest BCUT2D eigenvalue weighted by molar-refractivity contribution is 5.92. The van der Waals surface area contributed by atoms with E-state index in [1.54, 1.807) is 30.4 Å². The van der Waals surface area contributed by atoms with Crippen LogP contribution in [0.15, 0.2) is 54.6 Å². The van der Waals surface area contributed by atoms with E-state index in [0.717, 1.165) is 11.1 Å². The Kier molecular flexibility index (Phi) is 7.24. The molecular weight excluding hydrogens is 334 g/mol. The first-order valence-electron chi connectivity index (χ1n) is 8.01. The molecule has 0 saturated carbocycles. The van der Waals surface area contributed by atoms with E-state index in [2.05, 4.69) is 5.32 Å². The second-order valence-corrected chi connectivity index (χ2v) is 5.30. The van der Waals surface area contributed by atoms with Crippen LogP contribution in [0, 0.1) is 0 Å². The fourth-order valence-electron chi connectivity index (χ4n) is 2.20.